The van der Waals surface area contributed by atoms with Gasteiger partial charge in [-0.3, -0.25) is 0 Å². The third-order valence-electron chi connectivity index (χ3n) is 3.36. The molecule has 2 N–H and O–H groups in total. The number of halogens is 4. The number of hydrazone groups is 1. The summed E-state index contributed by atoms with van der Waals surface area (Å²) in [7, 11) is 0. The first-order chi connectivity index (χ1) is 13.3. The van der Waals surface area contributed by atoms with Crippen molar-refractivity contribution in [2.75, 3.05) is 23.8 Å². The highest BCUT2D eigenvalue weighted by atomic mass is 79.9. The number of anilines is 1. The summed E-state index contributed by atoms with van der Waals surface area (Å²) < 4.78 is 40.5. The highest BCUT2D eigenvalue weighted by Gasteiger charge is 2.30. The van der Waals surface area contributed by atoms with E-state index in [-0.39, 0.29) is 24.0 Å². The Bertz CT molecular complexity index is 802. The minimum Gasteiger partial charge on any atom is -0.406 e. The molecular weight excluding hydrogens is 459 g/mol. The molecule has 2 aromatic carbocycles. The van der Waals surface area contributed by atoms with Gasteiger partial charge in [-0.15, -0.1) is 13.2 Å². The fraction of sp³-hybridized carbons (Fsp3) is 0.222. The van der Waals surface area contributed by atoms with Gasteiger partial charge in [0.05, 0.1) is 18.9 Å². The molecule has 2 aromatic rings. The number of nitrogens with one attached hydrogen (secondary N) is 1. The van der Waals surface area contributed by atoms with E-state index in [4.69, 9.17) is 12.2 Å². The van der Waals surface area contributed by atoms with Gasteiger partial charge < -0.3 is 15.2 Å². The predicted molar refractivity (Wildman–Crippen MR) is 110 cm³/mol. The highest BCUT2D eigenvalue weighted by molar-refractivity contribution is 9.09. The van der Waals surface area contributed by atoms with Crippen LogP contribution in [0.3, 0.4) is 0 Å². The van der Waals surface area contributed by atoms with Crippen LogP contribution in [-0.4, -0.2) is 45.8 Å². The van der Waals surface area contributed by atoms with Crippen molar-refractivity contribution in [1.82, 2.24) is 5.01 Å². The lowest BCUT2D eigenvalue weighted by Crippen LogP contribution is -2.34. The molecule has 0 aliphatic rings. The number of hydrogen-bond acceptors (Lipinski definition) is 4. The van der Waals surface area contributed by atoms with Crippen LogP contribution in [0.1, 0.15) is 5.56 Å². The molecule has 0 aliphatic carbocycles. The van der Waals surface area contributed by atoms with Gasteiger partial charge in [-0.25, -0.2) is 5.01 Å². The maximum atomic E-state index is 12.2. The Morgan fingerprint density at radius 3 is 2.32 bits per heavy atom. The van der Waals surface area contributed by atoms with Crippen molar-refractivity contribution in [1.29, 1.82) is 0 Å². The maximum absolute atomic E-state index is 12.2. The van der Waals surface area contributed by atoms with Gasteiger partial charge in [0, 0.05) is 11.0 Å². The number of rotatable bonds is 7. The molecule has 0 bridgehead atoms. The van der Waals surface area contributed by atoms with E-state index in [0.717, 1.165) is 5.56 Å². The van der Waals surface area contributed by atoms with Crippen LogP contribution in [0.15, 0.2) is 59.7 Å². The standard InChI is InChI=1S/C18H17BrF3N3O2S/c19-12-16(13-4-2-1-3-5-13)24-25(10-11-26)17(28)23-14-6-8-15(9-7-14)27-18(20,21)22/h1-9,26H,10-12H2,(H,23,28)/b24-16-. The SMILES string of the molecule is OCCN(/N=C(/CBr)c1ccccc1)C(=S)Nc1ccc(OC(F)(F)F)cc1. The van der Waals surface area contributed by atoms with Crippen LogP contribution in [0.25, 0.3) is 0 Å². The van der Waals surface area contributed by atoms with E-state index in [0.29, 0.717) is 16.7 Å². The smallest absolute Gasteiger partial charge is 0.406 e. The van der Waals surface area contributed by atoms with Crippen molar-refractivity contribution in [3.05, 3.63) is 60.2 Å². The first kappa shape index (κ1) is 22.1. The molecule has 5 nitrogen and oxygen atoms in total. The number of benzene rings is 2. The second kappa shape index (κ2) is 10.4. The maximum Gasteiger partial charge on any atom is 0.573 e. The van der Waals surface area contributed by atoms with Gasteiger partial charge in [0.15, 0.2) is 5.11 Å². The summed E-state index contributed by atoms with van der Waals surface area (Å²) in [5.41, 5.74) is 2.05. The topological polar surface area (TPSA) is 57.1 Å². The fourth-order valence-electron chi connectivity index (χ4n) is 2.16. The van der Waals surface area contributed by atoms with Gasteiger partial charge in [0.2, 0.25) is 0 Å². The Labute approximate surface area is 173 Å². The molecule has 2 rings (SSSR count). The molecule has 0 aromatic heterocycles. The number of hydrogen-bond donors (Lipinski definition) is 2. The summed E-state index contributed by atoms with van der Waals surface area (Å²) in [6.45, 7) is -0.0432. The Morgan fingerprint density at radius 2 is 1.79 bits per heavy atom. The quantitative estimate of drug-likeness (QED) is 0.269. The van der Waals surface area contributed by atoms with Crippen molar-refractivity contribution < 1.29 is 23.0 Å². The summed E-state index contributed by atoms with van der Waals surface area (Å²) >= 11 is 8.72. The van der Waals surface area contributed by atoms with E-state index in [9.17, 15) is 18.3 Å². The average Bonchev–Trinajstić information content (AvgIpc) is 2.66. The molecule has 0 amide bonds. The molecule has 0 spiro atoms. The fourth-order valence-corrected chi connectivity index (χ4v) is 2.84. The van der Waals surface area contributed by atoms with Crippen molar-refractivity contribution in [2.24, 2.45) is 5.10 Å². The van der Waals surface area contributed by atoms with Crippen LogP contribution < -0.4 is 10.1 Å². The molecule has 150 valence electrons. The number of nitrogens with zero attached hydrogens (tertiary/aromatic N) is 2. The van der Waals surface area contributed by atoms with Crippen LogP contribution in [0.5, 0.6) is 5.75 Å². The highest BCUT2D eigenvalue weighted by Crippen LogP contribution is 2.24. The van der Waals surface area contributed by atoms with E-state index >= 15 is 0 Å². The zero-order valence-electron chi connectivity index (χ0n) is 14.5. The van der Waals surface area contributed by atoms with E-state index in [2.05, 4.69) is 31.1 Å². The minimum absolute atomic E-state index is 0.143. The van der Waals surface area contributed by atoms with Crippen LogP contribution in [0.4, 0.5) is 18.9 Å². The lowest BCUT2D eigenvalue weighted by atomic mass is 10.1. The van der Waals surface area contributed by atoms with Gasteiger partial charge in [-0.05, 0) is 42.0 Å². The first-order valence-electron chi connectivity index (χ1n) is 8.06. The molecule has 0 saturated heterocycles. The van der Waals surface area contributed by atoms with Gasteiger partial charge in [0.1, 0.15) is 5.75 Å². The number of aliphatic hydroxyl groups excluding tert-OH is 1. The third-order valence-corrected chi connectivity index (χ3v) is 4.20. The van der Waals surface area contributed by atoms with Crippen LogP contribution in [0, 0.1) is 0 Å². The monoisotopic (exact) mass is 475 g/mol. The van der Waals surface area contributed by atoms with Crippen molar-refractivity contribution in [2.45, 2.75) is 6.36 Å². The van der Waals surface area contributed by atoms with E-state index in [1.165, 1.54) is 29.3 Å². The number of thiocarbonyl (C=S) groups is 1. The van der Waals surface area contributed by atoms with Gasteiger partial charge >= 0.3 is 6.36 Å². The average molecular weight is 476 g/mol. The lowest BCUT2D eigenvalue weighted by molar-refractivity contribution is -0.274. The summed E-state index contributed by atoms with van der Waals surface area (Å²) in [6, 6.07) is 14.6. The molecule has 28 heavy (non-hydrogen) atoms. The molecule has 0 radical (unpaired) electrons. The van der Waals surface area contributed by atoms with E-state index in [1.807, 2.05) is 30.3 Å². The van der Waals surface area contributed by atoms with Crippen LogP contribution in [-0.2, 0) is 0 Å². The number of aliphatic hydroxyl groups is 1. The predicted octanol–water partition coefficient (Wildman–Crippen LogP) is 4.38. The minimum atomic E-state index is -4.75. The van der Waals surface area contributed by atoms with Crippen LogP contribution >= 0.6 is 28.1 Å². The second-order valence-corrected chi connectivity index (χ2v) is 6.34. The zero-order chi connectivity index (χ0) is 20.6. The Morgan fingerprint density at radius 1 is 1.14 bits per heavy atom. The molecular formula is C18H17BrF3N3O2S. The molecule has 0 unspecified atom stereocenters. The van der Waals surface area contributed by atoms with E-state index < -0.39 is 6.36 Å². The molecule has 0 aliphatic heterocycles. The largest absolute Gasteiger partial charge is 0.573 e. The van der Waals surface area contributed by atoms with Crippen LogP contribution in [0.2, 0.25) is 0 Å². The van der Waals surface area contributed by atoms with Crippen molar-refractivity contribution in [3.63, 3.8) is 0 Å². The Hall–Kier alpha value is -2.17. The summed E-state index contributed by atoms with van der Waals surface area (Å²) in [4.78, 5) is 0. The Balaban J connectivity index is 2.13. The summed E-state index contributed by atoms with van der Waals surface area (Å²) in [6.07, 6.45) is -4.75. The van der Waals surface area contributed by atoms with Crippen molar-refractivity contribution in [3.8, 4) is 5.75 Å². The molecule has 0 fully saturated rings. The molecule has 0 atom stereocenters. The number of alkyl halides is 4. The third kappa shape index (κ3) is 7.10. The molecule has 0 heterocycles. The van der Waals surface area contributed by atoms with Gasteiger partial charge in [-0.1, -0.05) is 46.3 Å². The number of ether oxygens (including phenoxy) is 1. The van der Waals surface area contributed by atoms with Gasteiger partial charge in [0.25, 0.3) is 0 Å². The van der Waals surface area contributed by atoms with Gasteiger partial charge in [-0.2, -0.15) is 5.10 Å². The van der Waals surface area contributed by atoms with E-state index in [1.54, 1.807) is 0 Å². The summed E-state index contributed by atoms with van der Waals surface area (Å²) in [5, 5.41) is 18.8. The second-order valence-electron chi connectivity index (χ2n) is 5.40. The van der Waals surface area contributed by atoms with Crippen molar-refractivity contribution >= 4 is 44.7 Å². The normalized spacial score (nSPS) is 11.8. The Kier molecular flexibility index (Phi) is 8.21. The summed E-state index contributed by atoms with van der Waals surface area (Å²) in [5.74, 6) is -0.333. The molecule has 0 saturated carbocycles. The zero-order valence-corrected chi connectivity index (χ0v) is 16.9. The molecule has 10 heteroatoms. The lowest BCUT2D eigenvalue weighted by Gasteiger charge is -2.21. The first-order valence-corrected chi connectivity index (χ1v) is 9.59.